The highest BCUT2D eigenvalue weighted by Gasteiger charge is 2.35. The van der Waals surface area contributed by atoms with Gasteiger partial charge < -0.3 is 4.57 Å². The third kappa shape index (κ3) is 2.25. The third-order valence-electron chi connectivity index (χ3n) is 4.39. The number of imidazole rings is 1. The Hall–Kier alpha value is -3.01. The van der Waals surface area contributed by atoms with Crippen molar-refractivity contribution in [3.63, 3.8) is 0 Å². The van der Waals surface area contributed by atoms with Gasteiger partial charge in [-0.05, 0) is 28.1 Å². The zero-order valence-electron chi connectivity index (χ0n) is 13.5. The molecule has 2 aromatic heterocycles. The lowest BCUT2D eigenvalue weighted by atomic mass is 10.1. The zero-order valence-corrected chi connectivity index (χ0v) is 15.1. The van der Waals surface area contributed by atoms with Crippen molar-refractivity contribution in [3.05, 3.63) is 61.0 Å². The van der Waals surface area contributed by atoms with Gasteiger partial charge in [0.1, 0.15) is 0 Å². The van der Waals surface area contributed by atoms with Crippen molar-refractivity contribution in [1.82, 2.24) is 24.0 Å². The molecule has 0 atom stereocenters. The Kier molecular flexibility index (Phi) is 3.65. The Morgan fingerprint density at radius 3 is 2.27 bits per heavy atom. The topological polar surface area (TPSA) is 110 Å². The molecule has 0 radical (unpaired) electrons. The molecule has 9 nitrogen and oxygen atoms in total. The van der Waals surface area contributed by atoms with Crippen molar-refractivity contribution in [1.29, 1.82) is 0 Å². The van der Waals surface area contributed by atoms with Crippen molar-refractivity contribution >= 4 is 38.9 Å². The predicted molar refractivity (Wildman–Crippen MR) is 95.1 cm³/mol. The van der Waals surface area contributed by atoms with E-state index in [2.05, 4.69) is 25.9 Å². The minimum atomic E-state index is -0.580. The number of benzene rings is 1. The summed E-state index contributed by atoms with van der Waals surface area (Å²) in [4.78, 5) is 56.3. The van der Waals surface area contributed by atoms with Crippen LogP contribution in [0.5, 0.6) is 0 Å². The van der Waals surface area contributed by atoms with Crippen LogP contribution in [-0.2, 0) is 13.6 Å². The van der Waals surface area contributed by atoms with Gasteiger partial charge in [-0.2, -0.15) is 0 Å². The van der Waals surface area contributed by atoms with E-state index in [1.165, 1.54) is 16.2 Å². The third-order valence-corrected chi connectivity index (χ3v) is 4.99. The fourth-order valence-corrected chi connectivity index (χ4v) is 3.58. The number of halogens is 1. The van der Waals surface area contributed by atoms with Crippen LogP contribution in [0.2, 0.25) is 0 Å². The van der Waals surface area contributed by atoms with E-state index in [4.69, 9.17) is 0 Å². The van der Waals surface area contributed by atoms with Gasteiger partial charge in [0.2, 0.25) is 0 Å². The van der Waals surface area contributed by atoms with Gasteiger partial charge in [0.25, 0.3) is 17.4 Å². The highest BCUT2D eigenvalue weighted by atomic mass is 79.9. The number of H-pyrrole nitrogens is 1. The lowest BCUT2D eigenvalue weighted by molar-refractivity contribution is 0.0649. The standard InChI is InChI=1S/C16H12BrN5O4/c1-20-11-10(12(23)19-16(20)26)21(15(17)18-11)6-7-22-13(24)8-4-2-3-5-9(8)14(22)25/h2-5H,6-7H2,1H3,(H,19,23,26). The quantitative estimate of drug-likeness (QED) is 0.492. The number of nitrogens with one attached hydrogen (secondary N) is 1. The van der Waals surface area contributed by atoms with E-state index in [1.54, 1.807) is 24.3 Å². The highest BCUT2D eigenvalue weighted by molar-refractivity contribution is 9.10. The van der Waals surface area contributed by atoms with Gasteiger partial charge in [-0.15, -0.1) is 0 Å². The molecule has 3 heterocycles. The highest BCUT2D eigenvalue weighted by Crippen LogP contribution is 2.23. The summed E-state index contributed by atoms with van der Waals surface area (Å²) in [5.41, 5.74) is -0.00757. The van der Waals surface area contributed by atoms with Crippen molar-refractivity contribution in [3.8, 4) is 0 Å². The second kappa shape index (κ2) is 5.77. The molecule has 1 aliphatic rings. The smallest absolute Gasteiger partial charge is 0.311 e. The molecule has 0 spiro atoms. The number of carbonyl (C=O) groups excluding carboxylic acids is 2. The summed E-state index contributed by atoms with van der Waals surface area (Å²) >= 11 is 3.27. The molecule has 1 N–H and O–H groups in total. The zero-order chi connectivity index (χ0) is 18.6. The monoisotopic (exact) mass is 417 g/mol. The summed E-state index contributed by atoms with van der Waals surface area (Å²) in [6.45, 7) is 0.225. The molecular formula is C16H12BrN5O4. The maximum atomic E-state index is 12.4. The summed E-state index contributed by atoms with van der Waals surface area (Å²) < 4.78 is 3.08. The van der Waals surface area contributed by atoms with Crippen LogP contribution in [0.15, 0.2) is 38.6 Å². The molecule has 10 heteroatoms. The summed E-state index contributed by atoms with van der Waals surface area (Å²) in [6.07, 6.45) is 0. The molecule has 0 bridgehead atoms. The lowest BCUT2D eigenvalue weighted by Gasteiger charge is -2.14. The largest absolute Gasteiger partial charge is 0.329 e. The molecule has 0 aliphatic carbocycles. The first-order chi connectivity index (χ1) is 12.4. The number of rotatable bonds is 3. The fraction of sp³-hybridized carbons (Fsp3) is 0.188. The molecule has 0 saturated heterocycles. The van der Waals surface area contributed by atoms with Crippen LogP contribution in [-0.4, -0.2) is 42.4 Å². The van der Waals surface area contributed by atoms with Crippen molar-refractivity contribution < 1.29 is 9.59 Å². The number of imide groups is 1. The molecule has 3 aromatic rings. The van der Waals surface area contributed by atoms with Crippen LogP contribution in [0.4, 0.5) is 0 Å². The minimum Gasteiger partial charge on any atom is -0.311 e. The molecule has 0 fully saturated rings. The predicted octanol–water partition coefficient (Wildman–Crippen LogP) is 0.482. The number of aryl methyl sites for hydroxylation is 1. The molecule has 2 amide bonds. The molecule has 1 aliphatic heterocycles. The van der Waals surface area contributed by atoms with E-state index in [1.807, 2.05) is 0 Å². The van der Waals surface area contributed by atoms with Crippen molar-refractivity contribution in [2.45, 2.75) is 6.54 Å². The number of nitrogens with zero attached hydrogens (tertiary/aromatic N) is 4. The van der Waals surface area contributed by atoms with E-state index in [-0.39, 0.29) is 36.1 Å². The van der Waals surface area contributed by atoms with Gasteiger partial charge in [0.05, 0.1) is 11.1 Å². The second-order valence-electron chi connectivity index (χ2n) is 5.83. The number of amides is 2. The Morgan fingerprint density at radius 1 is 1.04 bits per heavy atom. The van der Waals surface area contributed by atoms with Crippen LogP contribution in [0.3, 0.4) is 0 Å². The number of hydrogen-bond donors (Lipinski definition) is 1. The number of aromatic nitrogens is 4. The maximum Gasteiger partial charge on any atom is 0.329 e. The summed E-state index contributed by atoms with van der Waals surface area (Å²) in [5, 5.41) is 0. The average molecular weight is 418 g/mol. The molecule has 1 aromatic carbocycles. The molecule has 4 rings (SSSR count). The van der Waals surface area contributed by atoms with Gasteiger partial charge in [0, 0.05) is 20.1 Å². The van der Waals surface area contributed by atoms with Crippen LogP contribution >= 0.6 is 15.9 Å². The number of carbonyl (C=O) groups is 2. The van der Waals surface area contributed by atoms with Crippen LogP contribution in [0.1, 0.15) is 20.7 Å². The van der Waals surface area contributed by atoms with E-state index >= 15 is 0 Å². The van der Waals surface area contributed by atoms with Gasteiger partial charge in [-0.3, -0.25) is 28.8 Å². The van der Waals surface area contributed by atoms with E-state index in [0.717, 1.165) is 4.90 Å². The molecular weight excluding hydrogens is 406 g/mol. The van der Waals surface area contributed by atoms with Gasteiger partial charge in [-0.1, -0.05) is 12.1 Å². The first-order valence-corrected chi connectivity index (χ1v) is 8.49. The lowest BCUT2D eigenvalue weighted by Crippen LogP contribution is -2.34. The number of fused-ring (bicyclic) bond motifs is 2. The SMILES string of the molecule is Cn1c(=O)[nH]c(=O)c2c1nc(Br)n2CCN1C(=O)c2ccccc2C1=O. The normalized spacial score (nSPS) is 13.7. The Bertz CT molecular complexity index is 1170. The summed E-state index contributed by atoms with van der Waals surface area (Å²) in [6, 6.07) is 6.62. The summed E-state index contributed by atoms with van der Waals surface area (Å²) in [7, 11) is 1.49. The van der Waals surface area contributed by atoms with E-state index < -0.39 is 11.2 Å². The van der Waals surface area contributed by atoms with E-state index in [0.29, 0.717) is 15.9 Å². The summed E-state index contributed by atoms with van der Waals surface area (Å²) in [5.74, 6) is -0.736. The van der Waals surface area contributed by atoms with Crippen LogP contribution < -0.4 is 11.2 Å². The van der Waals surface area contributed by atoms with Crippen LogP contribution in [0.25, 0.3) is 11.2 Å². The minimum absolute atomic E-state index is 0.0681. The van der Waals surface area contributed by atoms with Gasteiger partial charge in [-0.25, -0.2) is 9.78 Å². The van der Waals surface area contributed by atoms with Crippen LogP contribution in [0, 0.1) is 0 Å². The Morgan fingerprint density at radius 2 is 1.65 bits per heavy atom. The first kappa shape index (κ1) is 16.5. The van der Waals surface area contributed by atoms with Crippen molar-refractivity contribution in [2.24, 2.45) is 7.05 Å². The number of aromatic amines is 1. The van der Waals surface area contributed by atoms with E-state index in [9.17, 15) is 19.2 Å². The second-order valence-corrected chi connectivity index (χ2v) is 6.54. The Balaban J connectivity index is 1.70. The average Bonchev–Trinajstić information content (AvgIpc) is 3.07. The molecule has 0 unspecified atom stereocenters. The molecule has 0 saturated carbocycles. The number of hydrogen-bond acceptors (Lipinski definition) is 5. The van der Waals surface area contributed by atoms with Gasteiger partial charge >= 0.3 is 5.69 Å². The Labute approximate surface area is 154 Å². The first-order valence-electron chi connectivity index (χ1n) is 7.70. The van der Waals surface area contributed by atoms with Gasteiger partial charge in [0.15, 0.2) is 15.9 Å². The maximum absolute atomic E-state index is 12.4. The molecule has 132 valence electrons. The van der Waals surface area contributed by atoms with Crippen molar-refractivity contribution in [2.75, 3.05) is 6.54 Å². The fourth-order valence-electron chi connectivity index (χ4n) is 3.05. The molecule has 26 heavy (non-hydrogen) atoms.